The van der Waals surface area contributed by atoms with E-state index in [1.807, 2.05) is 6.07 Å². The van der Waals surface area contributed by atoms with Gasteiger partial charge in [0.15, 0.2) is 11.8 Å². The summed E-state index contributed by atoms with van der Waals surface area (Å²) < 4.78 is 12.1. The number of amidine groups is 1. The zero-order chi connectivity index (χ0) is 28.6. The Morgan fingerprint density at radius 1 is 1.17 bits per heavy atom. The third-order valence-corrected chi connectivity index (χ3v) is 7.30. The fourth-order valence-electron chi connectivity index (χ4n) is 3.66. The molecule has 12 heteroatoms. The topological polar surface area (TPSA) is 109 Å². The number of halogens is 2. The fraction of sp³-hybridized carbons (Fsp3) is 0.0690. The van der Waals surface area contributed by atoms with Crippen molar-refractivity contribution in [2.45, 2.75) is 6.54 Å². The number of nitrogens with one attached hydrogen (secondary N) is 1. The molecule has 2 amide bonds. The number of pyridine rings is 1. The van der Waals surface area contributed by atoms with Crippen LogP contribution in [0.1, 0.15) is 16.9 Å². The van der Waals surface area contributed by atoms with Crippen molar-refractivity contribution in [3.8, 4) is 5.75 Å². The molecule has 1 aliphatic heterocycles. The Kier molecular flexibility index (Phi) is 9.29. The molecule has 5 rings (SSSR count). The minimum atomic E-state index is -0.342. The van der Waals surface area contributed by atoms with E-state index in [9.17, 15) is 9.59 Å². The van der Waals surface area contributed by atoms with Crippen molar-refractivity contribution >= 4 is 74.3 Å². The standard InChI is InChI=1S/C29H21BrClN5O4S/c30-21-5-10-25(40-18-27(37)34-23-8-6-22(31)7-9-23)20(13-21)14-26-28(38)36(17-24-4-2-12-39-24)29(41-26)35-33-16-19-3-1-11-32-15-19/h1-16H,17-18H2,(H,34,37)/b26-14-,33-16-,35-29+. The van der Waals surface area contributed by atoms with E-state index < -0.39 is 0 Å². The normalized spacial score (nSPS) is 15.3. The zero-order valence-corrected chi connectivity index (χ0v) is 24.4. The highest BCUT2D eigenvalue weighted by atomic mass is 79.9. The number of hydrogen-bond acceptors (Lipinski definition) is 8. The van der Waals surface area contributed by atoms with Crippen LogP contribution in [0.3, 0.4) is 0 Å². The van der Waals surface area contributed by atoms with E-state index in [0.717, 1.165) is 10.0 Å². The number of anilines is 1. The Morgan fingerprint density at radius 3 is 2.78 bits per heavy atom. The van der Waals surface area contributed by atoms with Crippen LogP contribution < -0.4 is 10.1 Å². The van der Waals surface area contributed by atoms with Gasteiger partial charge in [0.2, 0.25) is 0 Å². The van der Waals surface area contributed by atoms with Crippen molar-refractivity contribution in [2.75, 3.05) is 11.9 Å². The highest BCUT2D eigenvalue weighted by molar-refractivity contribution is 9.10. The number of carbonyl (C=O) groups excluding carboxylic acids is 2. The Labute approximate surface area is 253 Å². The molecule has 0 atom stereocenters. The van der Waals surface area contributed by atoms with Crippen LogP contribution in [0.25, 0.3) is 6.08 Å². The van der Waals surface area contributed by atoms with Crippen LogP contribution >= 0.6 is 39.3 Å². The van der Waals surface area contributed by atoms with Gasteiger partial charge in [0.1, 0.15) is 11.5 Å². The fourth-order valence-corrected chi connectivity index (χ4v) is 5.09. The van der Waals surface area contributed by atoms with Gasteiger partial charge in [-0.1, -0.05) is 33.6 Å². The smallest absolute Gasteiger partial charge is 0.267 e. The number of nitrogens with zero attached hydrogens (tertiary/aromatic N) is 4. The molecule has 3 heterocycles. The number of hydrogen-bond donors (Lipinski definition) is 1. The third kappa shape index (κ3) is 7.72. The molecular weight excluding hydrogens is 630 g/mol. The molecule has 9 nitrogen and oxygen atoms in total. The Balaban J connectivity index is 1.36. The monoisotopic (exact) mass is 649 g/mol. The van der Waals surface area contributed by atoms with Crippen LogP contribution in [-0.2, 0) is 16.1 Å². The number of thioether (sulfide) groups is 1. The van der Waals surface area contributed by atoms with Crippen molar-refractivity contribution in [1.82, 2.24) is 9.88 Å². The largest absolute Gasteiger partial charge is 0.483 e. The number of aromatic nitrogens is 1. The minimum Gasteiger partial charge on any atom is -0.483 e. The van der Waals surface area contributed by atoms with Crippen LogP contribution in [0, 0.1) is 0 Å². The Hall–Kier alpha value is -4.19. The predicted molar refractivity (Wildman–Crippen MR) is 164 cm³/mol. The van der Waals surface area contributed by atoms with Gasteiger partial charge in [0.05, 0.1) is 23.9 Å². The minimum absolute atomic E-state index is 0.185. The summed E-state index contributed by atoms with van der Waals surface area (Å²) in [6.45, 7) is -0.0496. The molecule has 1 saturated heterocycles. The van der Waals surface area contributed by atoms with Crippen molar-refractivity contribution in [3.63, 3.8) is 0 Å². The maximum atomic E-state index is 13.5. The molecule has 206 valence electrons. The third-order valence-electron chi connectivity index (χ3n) is 5.56. The van der Waals surface area contributed by atoms with E-state index in [4.69, 9.17) is 20.8 Å². The lowest BCUT2D eigenvalue weighted by Crippen LogP contribution is -2.28. The molecule has 0 spiro atoms. The first kappa shape index (κ1) is 28.3. The average molecular weight is 651 g/mol. The average Bonchev–Trinajstić information content (AvgIpc) is 3.59. The highest BCUT2D eigenvalue weighted by Gasteiger charge is 2.34. The van der Waals surface area contributed by atoms with E-state index in [1.54, 1.807) is 91.6 Å². The van der Waals surface area contributed by atoms with Gasteiger partial charge in [-0.15, -0.1) is 5.10 Å². The van der Waals surface area contributed by atoms with Crippen LogP contribution in [0.2, 0.25) is 5.02 Å². The number of benzene rings is 2. The number of amides is 2. The van der Waals surface area contributed by atoms with Gasteiger partial charge in [0, 0.05) is 38.7 Å². The molecule has 2 aromatic heterocycles. The van der Waals surface area contributed by atoms with Gasteiger partial charge in [-0.25, -0.2) is 0 Å². The zero-order valence-electron chi connectivity index (χ0n) is 21.2. The van der Waals surface area contributed by atoms with Crippen LogP contribution in [0.5, 0.6) is 5.75 Å². The first-order valence-corrected chi connectivity index (χ1v) is 14.2. The summed E-state index contributed by atoms with van der Waals surface area (Å²) in [5.74, 6) is 0.416. The second kappa shape index (κ2) is 13.4. The van der Waals surface area contributed by atoms with Crippen molar-refractivity contribution in [2.24, 2.45) is 10.2 Å². The lowest BCUT2D eigenvalue weighted by Gasteiger charge is -2.13. The first-order valence-electron chi connectivity index (χ1n) is 12.2. The van der Waals surface area contributed by atoms with Crippen LogP contribution in [0.4, 0.5) is 5.69 Å². The summed E-state index contributed by atoms with van der Waals surface area (Å²) in [6, 6.07) is 19.3. The molecule has 0 saturated carbocycles. The van der Waals surface area contributed by atoms with Crippen LogP contribution in [0.15, 0.2) is 109 Å². The quantitative estimate of drug-likeness (QED) is 0.124. The summed E-state index contributed by atoms with van der Waals surface area (Å²) in [4.78, 5) is 31.9. The second-order valence-corrected chi connectivity index (χ2v) is 10.9. The molecule has 41 heavy (non-hydrogen) atoms. The molecule has 0 unspecified atom stereocenters. The molecule has 2 aromatic carbocycles. The molecular formula is C29H21BrClN5O4S. The first-order chi connectivity index (χ1) is 19.9. The number of furan rings is 1. The molecule has 0 bridgehead atoms. The van der Waals surface area contributed by atoms with E-state index in [0.29, 0.717) is 37.9 Å². The van der Waals surface area contributed by atoms with Gasteiger partial charge in [-0.3, -0.25) is 19.5 Å². The SMILES string of the molecule is O=C(COc1ccc(Br)cc1/C=C1\S/C(=N/N=C\c2cccnc2)N(Cc2ccco2)C1=O)Nc1ccc(Cl)cc1. The van der Waals surface area contributed by atoms with Gasteiger partial charge in [-0.05, 0) is 78.5 Å². The molecule has 4 aromatic rings. The number of ether oxygens (including phenoxy) is 1. The highest BCUT2D eigenvalue weighted by Crippen LogP contribution is 2.36. The summed E-state index contributed by atoms with van der Waals surface area (Å²) >= 11 is 10.6. The molecule has 1 fully saturated rings. The molecule has 0 radical (unpaired) electrons. The summed E-state index contributed by atoms with van der Waals surface area (Å²) in [6.07, 6.45) is 8.14. The summed E-state index contributed by atoms with van der Waals surface area (Å²) in [5.41, 5.74) is 1.98. The summed E-state index contributed by atoms with van der Waals surface area (Å²) in [7, 11) is 0. The molecule has 1 N–H and O–H groups in total. The number of carbonyl (C=O) groups is 2. The van der Waals surface area contributed by atoms with Crippen LogP contribution in [-0.4, -0.2) is 39.7 Å². The number of rotatable bonds is 9. The predicted octanol–water partition coefficient (Wildman–Crippen LogP) is 6.61. The Bertz CT molecular complexity index is 1630. The maximum absolute atomic E-state index is 13.5. The van der Waals surface area contributed by atoms with E-state index >= 15 is 0 Å². The van der Waals surface area contributed by atoms with Gasteiger partial charge in [-0.2, -0.15) is 5.10 Å². The molecule has 0 aliphatic carbocycles. The Morgan fingerprint density at radius 2 is 2.02 bits per heavy atom. The lowest BCUT2D eigenvalue weighted by molar-refractivity contribution is -0.122. The van der Waals surface area contributed by atoms with Gasteiger partial charge < -0.3 is 14.5 Å². The van der Waals surface area contributed by atoms with E-state index in [-0.39, 0.29) is 25.0 Å². The lowest BCUT2D eigenvalue weighted by atomic mass is 10.2. The van der Waals surface area contributed by atoms with Crippen molar-refractivity contribution in [1.29, 1.82) is 0 Å². The van der Waals surface area contributed by atoms with E-state index in [2.05, 4.69) is 36.4 Å². The van der Waals surface area contributed by atoms with Gasteiger partial charge in [0.25, 0.3) is 11.8 Å². The van der Waals surface area contributed by atoms with Crippen molar-refractivity contribution in [3.05, 3.63) is 117 Å². The second-order valence-electron chi connectivity index (χ2n) is 8.52. The molecule has 1 aliphatic rings. The van der Waals surface area contributed by atoms with E-state index in [1.165, 1.54) is 16.7 Å². The van der Waals surface area contributed by atoms with Crippen molar-refractivity contribution < 1.29 is 18.7 Å². The summed E-state index contributed by atoms with van der Waals surface area (Å²) in [5, 5.41) is 12.2. The maximum Gasteiger partial charge on any atom is 0.267 e. The van der Waals surface area contributed by atoms with Gasteiger partial charge >= 0.3 is 0 Å².